The zero-order valence-electron chi connectivity index (χ0n) is 14.8. The van der Waals surface area contributed by atoms with E-state index in [1.807, 2.05) is 24.3 Å². The van der Waals surface area contributed by atoms with Crippen LogP contribution < -0.4 is 5.73 Å². The van der Waals surface area contributed by atoms with Crippen molar-refractivity contribution in [1.29, 1.82) is 5.41 Å². The molecule has 4 N–H and O–H groups in total. The first-order valence-corrected chi connectivity index (χ1v) is 8.99. The first-order valence-electron chi connectivity index (χ1n) is 8.99. The molecule has 1 fully saturated rings. The summed E-state index contributed by atoms with van der Waals surface area (Å²) in [6, 6.07) is 16.2. The number of likely N-dealkylation sites (tertiary alicyclic amines) is 1. The van der Waals surface area contributed by atoms with Crippen LogP contribution in [0.5, 0.6) is 0 Å². The molecule has 3 rings (SSSR count). The van der Waals surface area contributed by atoms with Gasteiger partial charge in [-0.3, -0.25) is 15.1 Å². The summed E-state index contributed by atoms with van der Waals surface area (Å²) in [7, 11) is 0. The van der Waals surface area contributed by atoms with Crippen LogP contribution in [0, 0.1) is 11.3 Å². The summed E-state index contributed by atoms with van der Waals surface area (Å²) >= 11 is 0. The fourth-order valence-corrected chi connectivity index (χ4v) is 3.61. The van der Waals surface area contributed by atoms with E-state index in [0.717, 1.165) is 49.2 Å². The topological polar surface area (TPSA) is 90.4 Å². The van der Waals surface area contributed by atoms with Crippen LogP contribution >= 0.6 is 0 Å². The number of amidine groups is 1. The molecular formula is C21H25N3O2. The Hall–Kier alpha value is -2.66. The van der Waals surface area contributed by atoms with Crippen molar-refractivity contribution >= 4 is 11.8 Å². The zero-order valence-corrected chi connectivity index (χ0v) is 14.8. The van der Waals surface area contributed by atoms with E-state index in [0.29, 0.717) is 0 Å². The maximum Gasteiger partial charge on any atom is 0.303 e. The molecule has 0 amide bonds. The lowest BCUT2D eigenvalue weighted by Gasteiger charge is -2.32. The Labute approximate surface area is 154 Å². The average Bonchev–Trinajstić information content (AvgIpc) is 2.62. The summed E-state index contributed by atoms with van der Waals surface area (Å²) in [5.41, 5.74) is 9.69. The highest BCUT2D eigenvalue weighted by Gasteiger charge is 2.21. The van der Waals surface area contributed by atoms with Crippen LogP contribution in [0.2, 0.25) is 0 Å². The fourth-order valence-electron chi connectivity index (χ4n) is 3.61. The Morgan fingerprint density at radius 3 is 2.31 bits per heavy atom. The quantitative estimate of drug-likeness (QED) is 0.550. The summed E-state index contributed by atoms with van der Waals surface area (Å²) in [5.74, 6) is -0.355. The van der Waals surface area contributed by atoms with Crippen molar-refractivity contribution in [2.45, 2.75) is 25.8 Å². The van der Waals surface area contributed by atoms with E-state index in [4.69, 9.17) is 16.2 Å². The highest BCUT2D eigenvalue weighted by molar-refractivity contribution is 5.95. The number of nitrogens with two attached hydrogens (primary N) is 1. The molecule has 5 nitrogen and oxygen atoms in total. The van der Waals surface area contributed by atoms with Gasteiger partial charge in [0.25, 0.3) is 0 Å². The molecule has 0 saturated carbocycles. The number of rotatable bonds is 6. The Morgan fingerprint density at radius 2 is 1.73 bits per heavy atom. The van der Waals surface area contributed by atoms with Crippen molar-refractivity contribution in [3.05, 3.63) is 59.7 Å². The van der Waals surface area contributed by atoms with Crippen molar-refractivity contribution in [2.24, 2.45) is 11.7 Å². The van der Waals surface area contributed by atoms with E-state index < -0.39 is 5.97 Å². The van der Waals surface area contributed by atoms with Crippen molar-refractivity contribution in [3.8, 4) is 11.1 Å². The molecule has 1 saturated heterocycles. The second-order valence-corrected chi connectivity index (χ2v) is 7.03. The van der Waals surface area contributed by atoms with Crippen molar-refractivity contribution < 1.29 is 9.90 Å². The molecule has 0 aliphatic carbocycles. The van der Waals surface area contributed by atoms with E-state index >= 15 is 0 Å². The molecule has 2 aromatic rings. The molecule has 2 aromatic carbocycles. The smallest absolute Gasteiger partial charge is 0.303 e. The van der Waals surface area contributed by atoms with Crippen LogP contribution in [-0.4, -0.2) is 34.9 Å². The van der Waals surface area contributed by atoms with Gasteiger partial charge in [0.15, 0.2) is 0 Å². The van der Waals surface area contributed by atoms with Gasteiger partial charge in [0.05, 0.1) is 0 Å². The molecular weight excluding hydrogens is 326 g/mol. The molecule has 26 heavy (non-hydrogen) atoms. The Morgan fingerprint density at radius 1 is 1.12 bits per heavy atom. The average molecular weight is 351 g/mol. The number of aliphatic carboxylic acids is 1. The normalized spacial score (nSPS) is 17.8. The number of carboxylic acids is 1. The molecule has 0 aromatic heterocycles. The van der Waals surface area contributed by atoms with Crippen LogP contribution in [0.4, 0.5) is 0 Å². The summed E-state index contributed by atoms with van der Waals surface area (Å²) in [4.78, 5) is 13.3. The van der Waals surface area contributed by atoms with Gasteiger partial charge in [0.1, 0.15) is 5.84 Å². The van der Waals surface area contributed by atoms with E-state index in [1.54, 1.807) is 0 Å². The molecule has 0 spiro atoms. The van der Waals surface area contributed by atoms with Crippen molar-refractivity contribution in [3.63, 3.8) is 0 Å². The van der Waals surface area contributed by atoms with Crippen LogP contribution in [-0.2, 0) is 11.3 Å². The Balaban J connectivity index is 1.62. The predicted octanol–water partition coefficient (Wildman–Crippen LogP) is 3.32. The second kappa shape index (κ2) is 8.15. The van der Waals surface area contributed by atoms with Crippen LogP contribution in [0.1, 0.15) is 30.4 Å². The summed E-state index contributed by atoms with van der Waals surface area (Å²) in [5, 5.41) is 16.4. The minimum Gasteiger partial charge on any atom is -0.481 e. The van der Waals surface area contributed by atoms with Gasteiger partial charge in [-0.25, -0.2) is 0 Å². The van der Waals surface area contributed by atoms with E-state index in [2.05, 4.69) is 29.2 Å². The number of hydrogen-bond acceptors (Lipinski definition) is 3. The maximum absolute atomic E-state index is 10.9. The van der Waals surface area contributed by atoms with Gasteiger partial charge >= 0.3 is 5.97 Å². The van der Waals surface area contributed by atoms with Gasteiger partial charge in [0, 0.05) is 25.1 Å². The molecule has 1 aliphatic rings. The standard InChI is InChI=1S/C21H25N3O2/c22-21(23)19-9-7-18(8-10-19)17-5-3-15(4-6-17)13-24-11-1-2-16(14-24)12-20(25)26/h3-10,16H,1-2,11-14H2,(H3,22,23)(H,25,26). The molecule has 1 atom stereocenters. The van der Waals surface area contributed by atoms with E-state index in [9.17, 15) is 4.79 Å². The zero-order chi connectivity index (χ0) is 18.5. The number of piperidine rings is 1. The fraction of sp³-hybridized carbons (Fsp3) is 0.333. The number of benzene rings is 2. The van der Waals surface area contributed by atoms with Gasteiger partial charge in [-0.2, -0.15) is 0 Å². The van der Waals surface area contributed by atoms with Gasteiger partial charge in [-0.1, -0.05) is 48.5 Å². The lowest BCUT2D eigenvalue weighted by molar-refractivity contribution is -0.138. The largest absolute Gasteiger partial charge is 0.481 e. The van der Waals surface area contributed by atoms with Crippen LogP contribution in [0.25, 0.3) is 11.1 Å². The van der Waals surface area contributed by atoms with Crippen LogP contribution in [0.15, 0.2) is 48.5 Å². The highest BCUT2D eigenvalue weighted by Crippen LogP contribution is 2.23. The van der Waals surface area contributed by atoms with Crippen molar-refractivity contribution in [1.82, 2.24) is 4.90 Å². The lowest BCUT2D eigenvalue weighted by atomic mass is 9.94. The third-order valence-corrected chi connectivity index (χ3v) is 4.96. The summed E-state index contributed by atoms with van der Waals surface area (Å²) in [6.07, 6.45) is 2.35. The molecule has 136 valence electrons. The number of nitrogen functional groups attached to an aromatic ring is 1. The van der Waals surface area contributed by atoms with E-state index in [-0.39, 0.29) is 18.2 Å². The molecule has 0 bridgehead atoms. The first kappa shape index (κ1) is 18.1. The molecule has 5 heteroatoms. The molecule has 0 radical (unpaired) electrons. The minimum absolute atomic E-state index is 0.0784. The van der Waals surface area contributed by atoms with Gasteiger partial charge in [-0.05, 0) is 42.0 Å². The monoisotopic (exact) mass is 351 g/mol. The second-order valence-electron chi connectivity index (χ2n) is 7.03. The summed E-state index contributed by atoms with van der Waals surface area (Å²) in [6.45, 7) is 2.75. The number of nitrogens with one attached hydrogen (secondary N) is 1. The van der Waals surface area contributed by atoms with Gasteiger partial charge < -0.3 is 10.8 Å². The van der Waals surface area contributed by atoms with Crippen LogP contribution in [0.3, 0.4) is 0 Å². The number of hydrogen-bond donors (Lipinski definition) is 3. The van der Waals surface area contributed by atoms with Gasteiger partial charge in [-0.15, -0.1) is 0 Å². The Kier molecular flexibility index (Phi) is 5.68. The highest BCUT2D eigenvalue weighted by atomic mass is 16.4. The number of carboxylic acid groups (broad SMARTS) is 1. The molecule has 1 heterocycles. The third-order valence-electron chi connectivity index (χ3n) is 4.96. The molecule has 1 unspecified atom stereocenters. The third kappa shape index (κ3) is 4.70. The van der Waals surface area contributed by atoms with Crippen molar-refractivity contribution in [2.75, 3.05) is 13.1 Å². The Bertz CT molecular complexity index is 769. The van der Waals surface area contributed by atoms with Gasteiger partial charge in [0.2, 0.25) is 0 Å². The minimum atomic E-state index is -0.697. The lowest BCUT2D eigenvalue weighted by Crippen LogP contribution is -2.35. The number of carbonyl (C=O) groups is 1. The molecule has 1 aliphatic heterocycles. The number of nitrogens with zero attached hydrogens (tertiary/aromatic N) is 1. The SMILES string of the molecule is N=C(N)c1ccc(-c2ccc(CN3CCCC(CC(=O)O)C3)cc2)cc1. The van der Waals surface area contributed by atoms with E-state index in [1.165, 1.54) is 5.56 Å². The first-order chi connectivity index (χ1) is 12.5. The maximum atomic E-state index is 10.9. The predicted molar refractivity (Wildman–Crippen MR) is 103 cm³/mol. The summed E-state index contributed by atoms with van der Waals surface area (Å²) < 4.78 is 0.